The third-order valence-electron chi connectivity index (χ3n) is 11.2. The second kappa shape index (κ2) is 9.63. The average Bonchev–Trinajstić information content (AvgIpc) is 3.09. The van der Waals surface area contributed by atoms with Gasteiger partial charge in [0.2, 0.25) is 4.69 Å². The van der Waals surface area contributed by atoms with Gasteiger partial charge in [0.15, 0.2) is 0 Å². The maximum absolute atomic E-state index is 11.1. The number of hydrogen-bond acceptors (Lipinski definition) is 1. The Balaban J connectivity index is 1.37. The average molecular weight is 492 g/mol. The van der Waals surface area contributed by atoms with E-state index in [9.17, 15) is 4.79 Å². The normalized spacial score (nSPS) is 43.6. The summed E-state index contributed by atoms with van der Waals surface area (Å²) in [5, 5.41) is 0. The second-order valence-corrected chi connectivity index (χ2v) is 13.5. The quantitative estimate of drug-likeness (QED) is 0.256. The van der Waals surface area contributed by atoms with Crippen LogP contribution in [0.2, 0.25) is 0 Å². The van der Waals surface area contributed by atoms with Crippen molar-refractivity contribution >= 4 is 20.6 Å². The summed E-state index contributed by atoms with van der Waals surface area (Å²) in [6, 6.07) is 0. The first kappa shape index (κ1) is 24.0. The van der Waals surface area contributed by atoms with Crippen LogP contribution in [0.3, 0.4) is 0 Å². The molecule has 4 fully saturated rings. The first-order valence-corrected chi connectivity index (χ1v) is 14.4. The van der Waals surface area contributed by atoms with Crippen molar-refractivity contribution in [1.29, 1.82) is 0 Å². The second-order valence-electron chi connectivity index (χ2n) is 12.6. The number of carbonyl (C=O) groups is 1. The molecule has 2 heteroatoms. The molecule has 0 spiro atoms. The van der Waals surface area contributed by atoms with E-state index in [1.165, 1.54) is 76.2 Å². The molecule has 0 radical (unpaired) electrons. The highest BCUT2D eigenvalue weighted by atomic mass is 79.9. The van der Waals surface area contributed by atoms with Gasteiger partial charge in [0.1, 0.15) is 0 Å². The Hall–Kier alpha value is -0.110. The van der Waals surface area contributed by atoms with Crippen molar-refractivity contribution in [1.82, 2.24) is 0 Å². The number of rotatable bonds is 7. The van der Waals surface area contributed by atoms with E-state index in [1.807, 2.05) is 0 Å². The van der Waals surface area contributed by atoms with Gasteiger partial charge in [-0.2, -0.15) is 0 Å². The zero-order valence-electron chi connectivity index (χ0n) is 20.7. The minimum atomic E-state index is 0.0943. The standard InChI is InChI=1S/C29H47BrO/c1-20(11-16-27(30)31)8-7-9-21(2)24-14-15-25-23-13-12-22-10-5-6-18-28(22,3)26(23)17-19-29(24,25)4/h11,21-26H,5-10,12-19H2,1-4H3/t21-,22?,23+,24-,25+,26+,28+,29-/m1/s1. The van der Waals surface area contributed by atoms with E-state index in [0.29, 0.717) is 17.3 Å². The minimum absolute atomic E-state index is 0.0943. The number of hydrogen-bond donors (Lipinski definition) is 0. The molecular formula is C29H47BrO. The lowest BCUT2D eigenvalue weighted by Gasteiger charge is -2.61. The fourth-order valence-electron chi connectivity index (χ4n) is 9.53. The summed E-state index contributed by atoms with van der Waals surface area (Å²) in [5.41, 5.74) is 2.66. The SMILES string of the molecule is CC(=CCC(=O)Br)CCC[C@@H](C)[C@H]1CC[C@H]2[C@@H]3CCC4CCCC[C@]4(C)[C@H]3CC[C@]12C. The van der Waals surface area contributed by atoms with Gasteiger partial charge in [-0.15, -0.1) is 0 Å². The summed E-state index contributed by atoms with van der Waals surface area (Å²) in [6.07, 6.45) is 21.6. The van der Waals surface area contributed by atoms with Gasteiger partial charge < -0.3 is 0 Å². The van der Waals surface area contributed by atoms with Gasteiger partial charge in [0.25, 0.3) is 0 Å². The maximum Gasteiger partial charge on any atom is 0.201 e. The van der Waals surface area contributed by atoms with Crippen molar-refractivity contribution in [3.63, 3.8) is 0 Å². The molecule has 0 aromatic carbocycles. The molecule has 4 rings (SSSR count). The van der Waals surface area contributed by atoms with Crippen LogP contribution >= 0.6 is 15.9 Å². The molecule has 4 saturated carbocycles. The van der Waals surface area contributed by atoms with E-state index in [4.69, 9.17) is 0 Å². The molecule has 31 heavy (non-hydrogen) atoms. The fourth-order valence-corrected chi connectivity index (χ4v) is 9.69. The lowest BCUT2D eigenvalue weighted by molar-refractivity contribution is -0.114. The van der Waals surface area contributed by atoms with Crippen LogP contribution in [0.4, 0.5) is 0 Å². The van der Waals surface area contributed by atoms with E-state index in [-0.39, 0.29) is 4.69 Å². The Bertz CT molecular complexity index is 682. The molecule has 0 bridgehead atoms. The Morgan fingerprint density at radius 3 is 2.55 bits per heavy atom. The van der Waals surface area contributed by atoms with Crippen LogP contribution < -0.4 is 0 Å². The van der Waals surface area contributed by atoms with Crippen molar-refractivity contribution in [3.05, 3.63) is 11.6 Å². The smallest absolute Gasteiger partial charge is 0.201 e. The molecule has 0 amide bonds. The van der Waals surface area contributed by atoms with Gasteiger partial charge in [-0.3, -0.25) is 4.79 Å². The Morgan fingerprint density at radius 1 is 1.00 bits per heavy atom. The number of halogens is 1. The molecule has 8 atom stereocenters. The molecule has 0 heterocycles. The third kappa shape index (κ3) is 4.63. The lowest BCUT2D eigenvalue weighted by atomic mass is 9.44. The van der Waals surface area contributed by atoms with Gasteiger partial charge in [-0.1, -0.05) is 51.7 Å². The van der Waals surface area contributed by atoms with Gasteiger partial charge in [0, 0.05) is 6.42 Å². The Morgan fingerprint density at radius 2 is 1.77 bits per heavy atom. The van der Waals surface area contributed by atoms with Crippen LogP contribution in [0, 0.1) is 46.3 Å². The predicted molar refractivity (Wildman–Crippen MR) is 135 cm³/mol. The van der Waals surface area contributed by atoms with E-state index in [2.05, 4.69) is 49.7 Å². The van der Waals surface area contributed by atoms with Crippen molar-refractivity contribution in [2.45, 2.75) is 118 Å². The minimum Gasteiger partial charge on any atom is -0.286 e. The first-order valence-electron chi connectivity index (χ1n) is 13.6. The third-order valence-corrected chi connectivity index (χ3v) is 11.5. The van der Waals surface area contributed by atoms with Gasteiger partial charge in [0.05, 0.1) is 0 Å². The molecule has 0 aromatic rings. The van der Waals surface area contributed by atoms with Crippen molar-refractivity contribution in [2.24, 2.45) is 46.3 Å². The van der Waals surface area contributed by atoms with Crippen LogP contribution in [-0.4, -0.2) is 4.69 Å². The molecule has 4 aliphatic carbocycles. The van der Waals surface area contributed by atoms with Crippen LogP contribution in [0.5, 0.6) is 0 Å². The highest BCUT2D eigenvalue weighted by molar-refractivity contribution is 9.18. The predicted octanol–water partition coefficient (Wildman–Crippen LogP) is 9.10. The molecular weight excluding hydrogens is 444 g/mol. The van der Waals surface area contributed by atoms with Crippen LogP contribution in [0.1, 0.15) is 118 Å². The number of fused-ring (bicyclic) bond motifs is 5. The van der Waals surface area contributed by atoms with Crippen LogP contribution in [0.15, 0.2) is 11.6 Å². The molecule has 0 N–H and O–H groups in total. The van der Waals surface area contributed by atoms with Crippen molar-refractivity contribution in [2.75, 3.05) is 0 Å². The summed E-state index contributed by atoms with van der Waals surface area (Å²) in [6.45, 7) is 10.2. The maximum atomic E-state index is 11.1. The molecule has 0 aromatic heterocycles. The fraction of sp³-hybridized carbons (Fsp3) is 0.897. The van der Waals surface area contributed by atoms with E-state index in [1.54, 1.807) is 6.42 Å². The first-order chi connectivity index (χ1) is 14.8. The van der Waals surface area contributed by atoms with Crippen LogP contribution in [-0.2, 0) is 4.79 Å². The van der Waals surface area contributed by atoms with E-state index >= 15 is 0 Å². The lowest BCUT2D eigenvalue weighted by Crippen LogP contribution is -2.53. The largest absolute Gasteiger partial charge is 0.286 e. The summed E-state index contributed by atoms with van der Waals surface area (Å²) in [4.78, 5) is 11.1. The molecule has 4 aliphatic rings. The Labute approximate surface area is 200 Å². The zero-order valence-corrected chi connectivity index (χ0v) is 22.3. The highest BCUT2D eigenvalue weighted by Gasteiger charge is 2.59. The monoisotopic (exact) mass is 490 g/mol. The number of carbonyl (C=O) groups excluding carboxylic acids is 1. The topological polar surface area (TPSA) is 17.1 Å². The molecule has 0 saturated heterocycles. The van der Waals surface area contributed by atoms with Gasteiger partial charge in [-0.25, -0.2) is 0 Å². The Kier molecular flexibility index (Phi) is 7.47. The summed E-state index contributed by atoms with van der Waals surface area (Å²) in [5.74, 6) is 5.89. The van der Waals surface area contributed by atoms with Crippen molar-refractivity contribution < 1.29 is 4.79 Å². The summed E-state index contributed by atoms with van der Waals surface area (Å²) in [7, 11) is 0. The molecule has 176 valence electrons. The highest BCUT2D eigenvalue weighted by Crippen LogP contribution is 2.68. The van der Waals surface area contributed by atoms with Crippen LogP contribution in [0.25, 0.3) is 0 Å². The molecule has 1 unspecified atom stereocenters. The number of allylic oxidation sites excluding steroid dienone is 2. The van der Waals surface area contributed by atoms with E-state index in [0.717, 1.165) is 41.9 Å². The zero-order chi connectivity index (χ0) is 22.2. The van der Waals surface area contributed by atoms with Gasteiger partial charge in [-0.05, 0) is 133 Å². The van der Waals surface area contributed by atoms with E-state index < -0.39 is 0 Å². The van der Waals surface area contributed by atoms with Crippen molar-refractivity contribution in [3.8, 4) is 0 Å². The molecule has 0 aliphatic heterocycles. The molecule has 1 nitrogen and oxygen atoms in total. The summed E-state index contributed by atoms with van der Waals surface area (Å²) >= 11 is 3.04. The summed E-state index contributed by atoms with van der Waals surface area (Å²) < 4.78 is 0.0943. The van der Waals surface area contributed by atoms with Gasteiger partial charge >= 0.3 is 0 Å².